The van der Waals surface area contributed by atoms with Gasteiger partial charge in [-0.3, -0.25) is 0 Å². The Morgan fingerprint density at radius 1 is 1.67 bits per heavy atom. The minimum absolute atomic E-state index is 0.147. The fraction of sp³-hybridized carbons (Fsp3) is 0.750. The number of nitrogens with two attached hydrogens (primary N) is 1. The lowest BCUT2D eigenvalue weighted by Gasteiger charge is -1.96. The first-order valence-corrected chi connectivity index (χ1v) is 2.46. The van der Waals surface area contributed by atoms with Crippen LogP contribution in [0.4, 0.5) is 0 Å². The van der Waals surface area contributed by atoms with E-state index in [0.717, 1.165) is 0 Å². The minimum atomic E-state index is -0.629. The van der Waals surface area contributed by atoms with Crippen LogP contribution in [-0.2, 0) is 9.53 Å². The number of carbonyl (C=O) groups excluding carboxylic acids is 1. The number of nitroso groups, excluding NO2 is 1. The lowest BCUT2D eigenvalue weighted by Crippen LogP contribution is -2.14. The van der Waals surface area contributed by atoms with Crippen molar-refractivity contribution >= 4 is 5.97 Å². The van der Waals surface area contributed by atoms with E-state index in [2.05, 4.69) is 9.91 Å². The van der Waals surface area contributed by atoms with Gasteiger partial charge >= 0.3 is 5.97 Å². The summed E-state index contributed by atoms with van der Waals surface area (Å²) in [6.07, 6.45) is 0. The largest absolute Gasteiger partial charge is 0.463 e. The van der Waals surface area contributed by atoms with Crippen molar-refractivity contribution in [3.63, 3.8) is 0 Å². The maximum absolute atomic E-state index is 10.2. The summed E-state index contributed by atoms with van der Waals surface area (Å²) in [6.45, 7) is -0.0149. The smallest absolute Gasteiger partial charge is 0.331 e. The van der Waals surface area contributed by atoms with Crippen molar-refractivity contribution in [1.29, 1.82) is 0 Å². The van der Waals surface area contributed by atoms with Gasteiger partial charge in [-0.15, -0.1) is 0 Å². The fourth-order valence-corrected chi connectivity index (χ4v) is 0.271. The lowest BCUT2D eigenvalue weighted by molar-refractivity contribution is -0.141. The van der Waals surface area contributed by atoms with Crippen molar-refractivity contribution in [3.05, 3.63) is 4.91 Å². The van der Waals surface area contributed by atoms with Crippen molar-refractivity contribution in [1.82, 2.24) is 0 Å². The SMILES string of the molecule is NCCOC(=O)CN=O. The first-order valence-electron chi connectivity index (χ1n) is 2.46. The topological polar surface area (TPSA) is 81.8 Å². The molecule has 2 N–H and O–H groups in total. The van der Waals surface area contributed by atoms with E-state index in [1.165, 1.54) is 0 Å². The summed E-state index contributed by atoms with van der Waals surface area (Å²) in [4.78, 5) is 19.6. The van der Waals surface area contributed by atoms with Gasteiger partial charge in [0.25, 0.3) is 0 Å². The monoisotopic (exact) mass is 132 g/mol. The van der Waals surface area contributed by atoms with E-state index in [4.69, 9.17) is 5.73 Å². The molecule has 0 spiro atoms. The fourth-order valence-electron chi connectivity index (χ4n) is 0.271. The normalized spacial score (nSPS) is 8.56. The molecule has 0 amide bonds. The Bertz CT molecular complexity index is 104. The van der Waals surface area contributed by atoms with Crippen LogP contribution in [0, 0.1) is 4.91 Å². The Hall–Kier alpha value is -0.970. The van der Waals surface area contributed by atoms with Crippen molar-refractivity contribution in [2.75, 3.05) is 19.7 Å². The summed E-state index contributed by atoms with van der Waals surface area (Å²) in [5.41, 5.74) is 4.99. The van der Waals surface area contributed by atoms with Gasteiger partial charge in [-0.05, 0) is 0 Å². The number of nitrogens with zero attached hydrogens (tertiary/aromatic N) is 1. The third-order valence-corrected chi connectivity index (χ3v) is 0.575. The number of carbonyl (C=O) groups is 1. The maximum Gasteiger partial charge on any atom is 0.331 e. The van der Waals surface area contributed by atoms with Crippen LogP contribution >= 0.6 is 0 Å². The van der Waals surface area contributed by atoms with E-state index >= 15 is 0 Å². The summed E-state index contributed by atoms with van der Waals surface area (Å²) in [5.74, 6) is -0.629. The Morgan fingerprint density at radius 3 is 2.78 bits per heavy atom. The molecule has 0 saturated heterocycles. The van der Waals surface area contributed by atoms with E-state index in [0.29, 0.717) is 0 Å². The number of rotatable bonds is 4. The number of esters is 1. The van der Waals surface area contributed by atoms with Crippen molar-refractivity contribution in [3.8, 4) is 0 Å². The lowest BCUT2D eigenvalue weighted by atomic mass is 10.6. The molecule has 0 aliphatic carbocycles. The Morgan fingerprint density at radius 2 is 2.33 bits per heavy atom. The highest BCUT2D eigenvalue weighted by atomic mass is 16.5. The molecule has 0 aromatic rings. The molecular weight excluding hydrogens is 124 g/mol. The maximum atomic E-state index is 10.2. The van der Waals surface area contributed by atoms with E-state index in [-0.39, 0.29) is 13.2 Å². The highest BCUT2D eigenvalue weighted by molar-refractivity contribution is 5.71. The third kappa shape index (κ3) is 4.89. The van der Waals surface area contributed by atoms with Crippen molar-refractivity contribution < 1.29 is 9.53 Å². The number of ether oxygens (including phenoxy) is 1. The highest BCUT2D eigenvalue weighted by Gasteiger charge is 1.98. The Kier molecular flexibility index (Phi) is 4.61. The molecule has 5 nitrogen and oxygen atoms in total. The zero-order valence-corrected chi connectivity index (χ0v) is 4.87. The molecule has 0 bridgehead atoms. The van der Waals surface area contributed by atoms with Gasteiger partial charge < -0.3 is 10.5 Å². The van der Waals surface area contributed by atoms with Crippen molar-refractivity contribution in [2.24, 2.45) is 10.9 Å². The van der Waals surface area contributed by atoms with Crippen LogP contribution in [0.2, 0.25) is 0 Å². The number of hydrogen-bond donors (Lipinski definition) is 1. The zero-order valence-electron chi connectivity index (χ0n) is 4.87. The van der Waals surface area contributed by atoms with Crippen LogP contribution in [0.25, 0.3) is 0 Å². The molecule has 0 radical (unpaired) electrons. The average molecular weight is 132 g/mol. The van der Waals surface area contributed by atoms with Gasteiger partial charge in [0.2, 0.25) is 0 Å². The first-order chi connectivity index (χ1) is 4.31. The summed E-state index contributed by atoms with van der Waals surface area (Å²) in [7, 11) is 0. The predicted octanol–water partition coefficient (Wildman–Crippen LogP) is -0.745. The van der Waals surface area contributed by atoms with Gasteiger partial charge in [-0.2, -0.15) is 4.91 Å². The second-order valence-corrected chi connectivity index (χ2v) is 1.30. The van der Waals surface area contributed by atoms with Crippen molar-refractivity contribution in [2.45, 2.75) is 0 Å². The molecule has 0 aliphatic heterocycles. The van der Waals surface area contributed by atoms with Gasteiger partial charge in [0.1, 0.15) is 6.61 Å². The third-order valence-electron chi connectivity index (χ3n) is 0.575. The van der Waals surface area contributed by atoms with E-state index < -0.39 is 12.5 Å². The summed E-state index contributed by atoms with van der Waals surface area (Å²) in [6, 6.07) is 0. The van der Waals surface area contributed by atoms with Crippen LogP contribution in [0.5, 0.6) is 0 Å². The Labute approximate surface area is 52.1 Å². The summed E-state index contributed by atoms with van der Waals surface area (Å²) in [5, 5.41) is 2.32. The van der Waals surface area contributed by atoms with E-state index in [1.54, 1.807) is 0 Å². The summed E-state index contributed by atoms with van der Waals surface area (Å²) < 4.78 is 4.37. The van der Waals surface area contributed by atoms with Crippen LogP contribution in [0.3, 0.4) is 0 Å². The van der Waals surface area contributed by atoms with Gasteiger partial charge in [0.15, 0.2) is 6.54 Å². The van der Waals surface area contributed by atoms with E-state index in [9.17, 15) is 9.70 Å². The van der Waals surface area contributed by atoms with Gasteiger partial charge in [-0.1, -0.05) is 5.18 Å². The molecule has 0 fully saturated rings. The standard InChI is InChI=1S/C4H8N2O3/c5-1-2-9-4(7)3-6-8/h1-3,5H2. The molecule has 52 valence electrons. The molecule has 5 heteroatoms. The molecule has 0 saturated carbocycles. The highest BCUT2D eigenvalue weighted by Crippen LogP contribution is 1.76. The predicted molar refractivity (Wildman–Crippen MR) is 30.7 cm³/mol. The zero-order chi connectivity index (χ0) is 7.11. The minimum Gasteiger partial charge on any atom is -0.463 e. The van der Waals surface area contributed by atoms with Crippen LogP contribution in [0.1, 0.15) is 0 Å². The van der Waals surface area contributed by atoms with Gasteiger partial charge in [0, 0.05) is 6.54 Å². The first kappa shape index (κ1) is 8.03. The van der Waals surface area contributed by atoms with Crippen LogP contribution in [-0.4, -0.2) is 25.7 Å². The summed E-state index contributed by atoms with van der Waals surface area (Å²) >= 11 is 0. The molecule has 0 heterocycles. The van der Waals surface area contributed by atoms with Gasteiger partial charge in [-0.25, -0.2) is 4.79 Å². The second-order valence-electron chi connectivity index (χ2n) is 1.30. The molecule has 0 aromatic heterocycles. The van der Waals surface area contributed by atoms with Crippen LogP contribution < -0.4 is 5.73 Å². The molecule has 0 rings (SSSR count). The molecule has 0 aliphatic rings. The second kappa shape index (κ2) is 5.17. The Balaban J connectivity index is 3.16. The van der Waals surface area contributed by atoms with E-state index in [1.807, 2.05) is 0 Å². The molecule has 0 aromatic carbocycles. The molecule has 0 atom stereocenters. The van der Waals surface area contributed by atoms with Crippen LogP contribution in [0.15, 0.2) is 5.18 Å². The average Bonchev–Trinajstić information content (AvgIpc) is 1.85. The number of hydrogen-bond acceptors (Lipinski definition) is 5. The molecule has 9 heavy (non-hydrogen) atoms. The molecule has 0 unspecified atom stereocenters. The van der Waals surface area contributed by atoms with Gasteiger partial charge in [0.05, 0.1) is 0 Å². The molecular formula is C4H8N2O3. The quantitative estimate of drug-likeness (QED) is 0.403.